The van der Waals surface area contributed by atoms with E-state index in [1.54, 1.807) is 28.9 Å². The molecule has 0 radical (unpaired) electrons. The maximum Gasteiger partial charge on any atom is 0.410 e. The fourth-order valence-corrected chi connectivity index (χ4v) is 3.94. The molecule has 1 aliphatic carbocycles. The highest BCUT2D eigenvalue weighted by molar-refractivity contribution is 5.86. The molecule has 4 rings (SSSR count). The number of hydrogen-bond acceptors (Lipinski definition) is 6. The Hall–Kier alpha value is -3.17. The highest BCUT2D eigenvalue weighted by atomic mass is 16.6. The van der Waals surface area contributed by atoms with E-state index in [9.17, 15) is 19.7 Å². The van der Waals surface area contributed by atoms with Crippen molar-refractivity contribution in [3.63, 3.8) is 0 Å². The summed E-state index contributed by atoms with van der Waals surface area (Å²) in [6.45, 7) is 6.22. The average Bonchev–Trinajstić information content (AvgIpc) is 3.01. The summed E-state index contributed by atoms with van der Waals surface area (Å²) < 4.78 is 8.35. The van der Waals surface area contributed by atoms with Gasteiger partial charge in [-0.25, -0.2) is 4.79 Å². The van der Waals surface area contributed by atoms with Crippen LogP contribution < -0.4 is 5.56 Å². The van der Waals surface area contributed by atoms with Crippen LogP contribution in [-0.2, 0) is 18.2 Å². The number of carbonyl (C=O) groups is 1. The Balaban J connectivity index is 1.69. The van der Waals surface area contributed by atoms with Crippen LogP contribution >= 0.6 is 0 Å². The van der Waals surface area contributed by atoms with Crippen LogP contribution in [0.4, 0.5) is 4.79 Å². The van der Waals surface area contributed by atoms with Gasteiger partial charge in [0.25, 0.3) is 11.3 Å². The molecule has 0 N–H and O–H groups in total. The third-order valence-corrected chi connectivity index (χ3v) is 5.28. The molecule has 2 aromatic heterocycles. The van der Waals surface area contributed by atoms with E-state index in [4.69, 9.17) is 4.74 Å². The van der Waals surface area contributed by atoms with Gasteiger partial charge in [-0.15, -0.1) is 0 Å². The van der Waals surface area contributed by atoms with Crippen molar-refractivity contribution in [3.05, 3.63) is 44.0 Å². The van der Waals surface area contributed by atoms with E-state index in [1.165, 1.54) is 4.57 Å². The summed E-state index contributed by atoms with van der Waals surface area (Å²) in [5, 5.41) is 16.5. The molecule has 154 valence electrons. The molecule has 1 fully saturated rings. The predicted molar refractivity (Wildman–Crippen MR) is 105 cm³/mol. The quantitative estimate of drug-likeness (QED) is 0.562. The number of pyridine rings is 1. The summed E-state index contributed by atoms with van der Waals surface area (Å²) in [7, 11) is 1.55. The molecule has 3 heterocycles. The Kier molecular flexibility index (Phi) is 4.25. The first-order valence-corrected chi connectivity index (χ1v) is 9.50. The van der Waals surface area contributed by atoms with Crippen LogP contribution in [-0.4, -0.2) is 49.0 Å². The minimum absolute atomic E-state index is 0.0414. The third kappa shape index (κ3) is 3.08. The smallest absolute Gasteiger partial charge is 0.410 e. The first-order valence-electron chi connectivity index (χ1n) is 9.50. The van der Waals surface area contributed by atoms with E-state index in [2.05, 4.69) is 5.10 Å². The maximum absolute atomic E-state index is 13.0. The van der Waals surface area contributed by atoms with Crippen molar-refractivity contribution < 1.29 is 14.5 Å². The maximum atomic E-state index is 13.0. The Labute approximate surface area is 166 Å². The Morgan fingerprint density at radius 2 is 2.03 bits per heavy atom. The lowest BCUT2D eigenvalue weighted by Crippen LogP contribution is -2.52. The van der Waals surface area contributed by atoms with Crippen molar-refractivity contribution in [3.8, 4) is 0 Å². The second-order valence-corrected chi connectivity index (χ2v) is 8.47. The fraction of sp³-hybridized carbons (Fsp3) is 0.526. The molecule has 29 heavy (non-hydrogen) atoms. The topological polar surface area (TPSA) is 113 Å². The Bertz CT molecular complexity index is 1110. The van der Waals surface area contributed by atoms with E-state index in [1.807, 2.05) is 20.8 Å². The minimum atomic E-state index is -0.572. The van der Waals surface area contributed by atoms with Crippen LogP contribution in [0.2, 0.25) is 0 Å². The number of likely N-dealkylation sites (tertiary alicyclic amines) is 1. The van der Waals surface area contributed by atoms with Crippen molar-refractivity contribution in [2.75, 3.05) is 13.1 Å². The zero-order valence-electron chi connectivity index (χ0n) is 16.8. The third-order valence-electron chi connectivity index (χ3n) is 5.28. The fourth-order valence-electron chi connectivity index (χ4n) is 3.94. The van der Waals surface area contributed by atoms with Gasteiger partial charge in [0.1, 0.15) is 16.8 Å². The highest BCUT2D eigenvalue weighted by Crippen LogP contribution is 2.32. The molecule has 0 spiro atoms. The summed E-state index contributed by atoms with van der Waals surface area (Å²) in [6.07, 6.45) is 3.92. The average molecular weight is 401 g/mol. The minimum Gasteiger partial charge on any atom is -0.444 e. The van der Waals surface area contributed by atoms with Gasteiger partial charge in [-0.3, -0.25) is 19.6 Å². The first kappa shape index (κ1) is 19.2. The molecule has 10 heteroatoms. The molecule has 0 saturated carbocycles. The Morgan fingerprint density at radius 3 is 2.66 bits per heavy atom. The summed E-state index contributed by atoms with van der Waals surface area (Å²) in [5.41, 5.74) is 0.595. The second kappa shape index (κ2) is 6.43. The van der Waals surface area contributed by atoms with Crippen LogP contribution in [0.5, 0.6) is 0 Å². The van der Waals surface area contributed by atoms with Crippen molar-refractivity contribution >= 4 is 22.7 Å². The highest BCUT2D eigenvalue weighted by Gasteiger charge is 2.37. The van der Waals surface area contributed by atoms with Gasteiger partial charge in [-0.2, -0.15) is 5.10 Å². The van der Waals surface area contributed by atoms with Gasteiger partial charge < -0.3 is 14.2 Å². The second-order valence-electron chi connectivity index (χ2n) is 8.47. The van der Waals surface area contributed by atoms with Crippen LogP contribution in [0.15, 0.2) is 17.1 Å². The lowest BCUT2D eigenvalue weighted by Gasteiger charge is -2.39. The molecule has 2 aliphatic rings. The molecule has 0 unspecified atom stereocenters. The number of amides is 1. The molecular formula is C19H23N5O5. The molecule has 0 atom stereocenters. The molecular weight excluding hydrogens is 378 g/mol. The largest absolute Gasteiger partial charge is 0.444 e. The summed E-state index contributed by atoms with van der Waals surface area (Å²) in [5.74, 6) is 0. The molecule has 1 saturated heterocycles. The summed E-state index contributed by atoms with van der Waals surface area (Å²) in [4.78, 5) is 37.8. The van der Waals surface area contributed by atoms with E-state index in [-0.39, 0.29) is 17.3 Å². The van der Waals surface area contributed by atoms with E-state index >= 15 is 0 Å². The van der Waals surface area contributed by atoms with Crippen LogP contribution in [0.1, 0.15) is 44.5 Å². The number of nitrogens with zero attached hydrogens (tertiary/aromatic N) is 5. The predicted octanol–water partition coefficient (Wildman–Crippen LogP) is 2.09. The van der Waals surface area contributed by atoms with E-state index < -0.39 is 16.6 Å². The lowest BCUT2D eigenvalue weighted by molar-refractivity contribution is -0.376. The SMILES string of the molecule is Cn1c2c(c3cnn(C4CN(C(=O)OC(C)(C)C)C4)c3c1=O)CCC=C2[N+](=O)[O-]. The molecule has 0 aromatic carbocycles. The number of nitro groups is 1. The van der Waals surface area contributed by atoms with Gasteiger partial charge in [0.15, 0.2) is 0 Å². The number of carbonyl (C=O) groups excluding carboxylic acids is 1. The van der Waals surface area contributed by atoms with Crippen molar-refractivity contribution in [1.29, 1.82) is 0 Å². The first-order chi connectivity index (χ1) is 13.6. The lowest BCUT2D eigenvalue weighted by atomic mass is 9.96. The van der Waals surface area contributed by atoms with Gasteiger partial charge in [0.2, 0.25) is 0 Å². The van der Waals surface area contributed by atoms with E-state index in [0.717, 1.165) is 5.56 Å². The zero-order chi connectivity index (χ0) is 21.1. The number of fused-ring (bicyclic) bond motifs is 3. The number of ether oxygens (including phenoxy) is 1. The standard InChI is InChI=1S/C19H23N5O5/c1-19(2,3)29-18(26)22-9-11(10-22)23-16-13(8-20-23)12-6-5-7-14(24(27)28)15(12)21(4)17(16)25/h7-8,11H,5-6,9-10H2,1-4H3. The zero-order valence-corrected chi connectivity index (χ0v) is 16.8. The molecule has 1 aliphatic heterocycles. The molecule has 0 bridgehead atoms. The van der Waals surface area contributed by atoms with E-state index in [0.29, 0.717) is 42.5 Å². The van der Waals surface area contributed by atoms with Gasteiger partial charge >= 0.3 is 6.09 Å². The normalized spacial score (nSPS) is 17.0. The monoisotopic (exact) mass is 401 g/mol. The number of aryl methyl sites for hydroxylation is 1. The van der Waals surface area contributed by atoms with Crippen LogP contribution in [0.25, 0.3) is 16.6 Å². The Morgan fingerprint density at radius 1 is 1.34 bits per heavy atom. The van der Waals surface area contributed by atoms with Crippen molar-refractivity contribution in [2.24, 2.45) is 7.05 Å². The van der Waals surface area contributed by atoms with Crippen LogP contribution in [0, 0.1) is 10.1 Å². The number of rotatable bonds is 2. The van der Waals surface area contributed by atoms with Gasteiger partial charge in [0.05, 0.1) is 17.2 Å². The number of hydrogen-bond donors (Lipinski definition) is 0. The summed E-state index contributed by atoms with van der Waals surface area (Å²) >= 11 is 0. The number of aromatic nitrogens is 3. The van der Waals surface area contributed by atoms with Crippen LogP contribution in [0.3, 0.4) is 0 Å². The number of allylic oxidation sites excluding steroid dienone is 1. The molecule has 1 amide bonds. The molecule has 2 aromatic rings. The molecule has 10 nitrogen and oxygen atoms in total. The summed E-state index contributed by atoms with van der Waals surface area (Å²) in [6, 6.07) is -0.139. The van der Waals surface area contributed by atoms with Crippen molar-refractivity contribution in [1.82, 2.24) is 19.2 Å². The van der Waals surface area contributed by atoms with Gasteiger partial charge in [-0.05, 0) is 45.3 Å². The van der Waals surface area contributed by atoms with Crippen molar-refractivity contribution in [2.45, 2.75) is 45.3 Å². The van der Waals surface area contributed by atoms with Gasteiger partial charge in [0, 0.05) is 25.5 Å². The van der Waals surface area contributed by atoms with Gasteiger partial charge in [-0.1, -0.05) is 0 Å².